The molecule has 2 rings (SSSR count). The molecule has 0 aromatic rings. The predicted molar refractivity (Wildman–Crippen MR) is 55.4 cm³/mol. The van der Waals surface area contributed by atoms with Crippen molar-refractivity contribution in [1.29, 1.82) is 0 Å². The van der Waals surface area contributed by atoms with Crippen LogP contribution in [-0.2, 0) is 0 Å². The maximum absolute atomic E-state index is 3.60. The lowest BCUT2D eigenvalue weighted by molar-refractivity contribution is 0.0806. The van der Waals surface area contributed by atoms with Gasteiger partial charge >= 0.3 is 0 Å². The van der Waals surface area contributed by atoms with Crippen molar-refractivity contribution < 1.29 is 0 Å². The van der Waals surface area contributed by atoms with Crippen LogP contribution in [0.15, 0.2) is 0 Å². The zero-order valence-corrected chi connectivity index (χ0v) is 8.81. The third-order valence-electron chi connectivity index (χ3n) is 3.65. The highest BCUT2D eigenvalue weighted by molar-refractivity contribution is 4.84. The number of nitrogens with zero attached hydrogens (tertiary/aromatic N) is 1. The fourth-order valence-corrected chi connectivity index (χ4v) is 2.31. The molecule has 1 saturated carbocycles. The Balaban J connectivity index is 1.66. The summed E-state index contributed by atoms with van der Waals surface area (Å²) < 4.78 is 0. The lowest BCUT2D eigenvalue weighted by Gasteiger charge is -2.40. The molecule has 1 aliphatic heterocycles. The molecule has 1 saturated heterocycles. The van der Waals surface area contributed by atoms with E-state index in [0.29, 0.717) is 5.41 Å². The molecule has 0 radical (unpaired) electrons. The van der Waals surface area contributed by atoms with Crippen LogP contribution in [0.3, 0.4) is 0 Å². The Kier molecular flexibility index (Phi) is 2.89. The zero-order valence-electron chi connectivity index (χ0n) is 8.81. The van der Waals surface area contributed by atoms with Crippen LogP contribution >= 0.6 is 0 Å². The summed E-state index contributed by atoms with van der Waals surface area (Å²) in [5.41, 5.74) is 4.22. The van der Waals surface area contributed by atoms with E-state index in [1.807, 2.05) is 0 Å². The lowest BCUT2D eigenvalue weighted by atomic mass is 9.70. The second-order valence-corrected chi connectivity index (χ2v) is 5.05. The van der Waals surface area contributed by atoms with E-state index >= 15 is 0 Å². The van der Waals surface area contributed by atoms with Crippen LogP contribution < -0.4 is 5.43 Å². The largest absolute Gasteiger partial charge is 0.255 e. The number of piperidine rings is 1. The van der Waals surface area contributed by atoms with Gasteiger partial charge in [0.1, 0.15) is 0 Å². The first-order valence-corrected chi connectivity index (χ1v) is 5.77. The number of rotatable bonds is 3. The van der Waals surface area contributed by atoms with Gasteiger partial charge in [0.2, 0.25) is 0 Å². The van der Waals surface area contributed by atoms with Gasteiger partial charge in [-0.15, -0.1) is 0 Å². The standard InChI is InChI=1S/C11H22N2/c1-11(6-5-7-11)10-12-13-8-3-2-4-9-13/h12H,2-10H2,1H3. The fraction of sp³-hybridized carbons (Fsp3) is 1.00. The van der Waals surface area contributed by atoms with E-state index in [1.165, 1.54) is 58.2 Å². The topological polar surface area (TPSA) is 15.3 Å². The number of hydrogen-bond acceptors (Lipinski definition) is 2. The van der Waals surface area contributed by atoms with Gasteiger partial charge in [0, 0.05) is 19.6 Å². The molecule has 1 aliphatic carbocycles. The highest BCUT2D eigenvalue weighted by Gasteiger charge is 2.31. The quantitative estimate of drug-likeness (QED) is 0.719. The van der Waals surface area contributed by atoms with E-state index in [9.17, 15) is 0 Å². The average Bonchev–Trinajstić information content (AvgIpc) is 2.13. The first kappa shape index (κ1) is 9.47. The Morgan fingerprint density at radius 2 is 1.77 bits per heavy atom. The number of hydrazine groups is 1. The summed E-state index contributed by atoms with van der Waals surface area (Å²) in [7, 11) is 0. The molecule has 13 heavy (non-hydrogen) atoms. The predicted octanol–water partition coefficient (Wildman–Crippen LogP) is 2.17. The summed E-state index contributed by atoms with van der Waals surface area (Å²) in [5.74, 6) is 0. The molecule has 0 aromatic carbocycles. The third-order valence-corrected chi connectivity index (χ3v) is 3.65. The molecule has 1 N–H and O–H groups in total. The van der Waals surface area contributed by atoms with E-state index in [2.05, 4.69) is 17.4 Å². The molecule has 0 bridgehead atoms. The monoisotopic (exact) mass is 182 g/mol. The van der Waals surface area contributed by atoms with Gasteiger partial charge in [0.15, 0.2) is 0 Å². The minimum atomic E-state index is 0.622. The Morgan fingerprint density at radius 1 is 1.08 bits per heavy atom. The highest BCUT2D eigenvalue weighted by Crippen LogP contribution is 2.39. The molecule has 0 amide bonds. The van der Waals surface area contributed by atoms with Crippen LogP contribution in [0.2, 0.25) is 0 Å². The molecular formula is C11H22N2. The van der Waals surface area contributed by atoms with Crippen LogP contribution in [0.4, 0.5) is 0 Å². The summed E-state index contributed by atoms with van der Waals surface area (Å²) in [4.78, 5) is 0. The van der Waals surface area contributed by atoms with E-state index in [4.69, 9.17) is 0 Å². The second-order valence-electron chi connectivity index (χ2n) is 5.05. The van der Waals surface area contributed by atoms with Crippen molar-refractivity contribution >= 4 is 0 Å². The molecule has 1 heterocycles. The smallest absolute Gasteiger partial charge is 0.0156 e. The number of hydrogen-bond donors (Lipinski definition) is 1. The van der Waals surface area contributed by atoms with Gasteiger partial charge in [-0.2, -0.15) is 0 Å². The van der Waals surface area contributed by atoms with Gasteiger partial charge < -0.3 is 0 Å². The summed E-state index contributed by atoms with van der Waals surface area (Å²) in [6, 6.07) is 0. The van der Waals surface area contributed by atoms with Crippen LogP contribution in [0.5, 0.6) is 0 Å². The molecule has 0 spiro atoms. The van der Waals surface area contributed by atoms with E-state index < -0.39 is 0 Å². The maximum atomic E-state index is 3.60. The van der Waals surface area contributed by atoms with Crippen LogP contribution in [0.1, 0.15) is 45.4 Å². The molecule has 2 aliphatic rings. The summed E-state index contributed by atoms with van der Waals surface area (Å²) >= 11 is 0. The Morgan fingerprint density at radius 3 is 2.31 bits per heavy atom. The van der Waals surface area contributed by atoms with Gasteiger partial charge in [-0.05, 0) is 31.1 Å². The first-order valence-electron chi connectivity index (χ1n) is 5.77. The summed E-state index contributed by atoms with van der Waals surface area (Å²) in [6.45, 7) is 6.13. The molecule has 2 fully saturated rings. The Hall–Kier alpha value is -0.0800. The average molecular weight is 182 g/mol. The van der Waals surface area contributed by atoms with Crippen molar-refractivity contribution in [3.05, 3.63) is 0 Å². The molecule has 0 aromatic heterocycles. The normalized spacial score (nSPS) is 28.4. The van der Waals surface area contributed by atoms with E-state index in [1.54, 1.807) is 0 Å². The van der Waals surface area contributed by atoms with Crippen molar-refractivity contribution in [1.82, 2.24) is 10.4 Å². The van der Waals surface area contributed by atoms with E-state index in [0.717, 1.165) is 0 Å². The van der Waals surface area contributed by atoms with Gasteiger partial charge in [-0.3, -0.25) is 5.43 Å². The van der Waals surface area contributed by atoms with Crippen molar-refractivity contribution in [2.24, 2.45) is 5.41 Å². The number of nitrogens with one attached hydrogen (secondary N) is 1. The van der Waals surface area contributed by atoms with Crippen molar-refractivity contribution in [3.63, 3.8) is 0 Å². The Bertz CT molecular complexity index is 157. The second kappa shape index (κ2) is 3.97. The van der Waals surface area contributed by atoms with Crippen molar-refractivity contribution in [2.45, 2.75) is 45.4 Å². The molecule has 0 atom stereocenters. The van der Waals surface area contributed by atoms with Crippen molar-refractivity contribution in [3.8, 4) is 0 Å². The van der Waals surface area contributed by atoms with Crippen LogP contribution in [0.25, 0.3) is 0 Å². The van der Waals surface area contributed by atoms with Crippen LogP contribution in [0, 0.1) is 5.41 Å². The molecule has 2 nitrogen and oxygen atoms in total. The first-order chi connectivity index (χ1) is 6.29. The van der Waals surface area contributed by atoms with Crippen LogP contribution in [-0.4, -0.2) is 24.6 Å². The van der Waals surface area contributed by atoms with E-state index in [-0.39, 0.29) is 0 Å². The highest BCUT2D eigenvalue weighted by atomic mass is 15.5. The van der Waals surface area contributed by atoms with Crippen molar-refractivity contribution in [2.75, 3.05) is 19.6 Å². The molecular weight excluding hydrogens is 160 g/mol. The minimum Gasteiger partial charge on any atom is -0.255 e. The SMILES string of the molecule is CC1(CNN2CCCCC2)CCC1. The fourth-order valence-electron chi connectivity index (χ4n) is 2.31. The summed E-state index contributed by atoms with van der Waals surface area (Å²) in [6.07, 6.45) is 8.47. The van der Waals surface area contributed by atoms with Gasteiger partial charge in [0.25, 0.3) is 0 Å². The Labute approximate surface area is 81.7 Å². The molecule has 0 unspecified atom stereocenters. The minimum absolute atomic E-state index is 0.622. The summed E-state index contributed by atoms with van der Waals surface area (Å²) in [5, 5.41) is 2.42. The lowest BCUT2D eigenvalue weighted by Crippen LogP contribution is -2.48. The zero-order chi connectivity index (χ0) is 9.15. The third kappa shape index (κ3) is 2.44. The van der Waals surface area contributed by atoms with Gasteiger partial charge in [0.05, 0.1) is 0 Å². The molecule has 2 heteroatoms. The van der Waals surface area contributed by atoms with Gasteiger partial charge in [-0.25, -0.2) is 5.01 Å². The molecule has 76 valence electrons. The van der Waals surface area contributed by atoms with Gasteiger partial charge in [-0.1, -0.05) is 19.8 Å². The maximum Gasteiger partial charge on any atom is 0.0156 e.